The number of nitro groups is 1. The Balaban J connectivity index is 1.27. The summed E-state index contributed by atoms with van der Waals surface area (Å²) >= 11 is 0. The number of hydrogen-bond acceptors (Lipinski definition) is 8. The maximum Gasteiger partial charge on any atom is 0.360 e. The van der Waals surface area contributed by atoms with Crippen LogP contribution in [0.4, 0.5) is 5.69 Å². The molecular weight excluding hydrogens is 641 g/mol. The Hall–Kier alpha value is -4.87. The van der Waals surface area contributed by atoms with Crippen LogP contribution in [0, 0.1) is 22.0 Å². The Kier molecular flexibility index (Phi) is 9.41. The normalized spacial score (nSPS) is 20.2. The molecular formula is C38H40N2O8Si. The maximum atomic E-state index is 13.8. The Morgan fingerprint density at radius 1 is 0.959 bits per heavy atom. The molecule has 1 amide bonds. The van der Waals surface area contributed by atoms with E-state index in [4.69, 9.17) is 13.9 Å². The number of nitrogens with zero attached hydrogens (tertiary/aromatic N) is 2. The predicted molar refractivity (Wildman–Crippen MR) is 187 cm³/mol. The number of benzene rings is 3. The highest BCUT2D eigenvalue weighted by Gasteiger charge is 2.60. The SMILES string of the molecule is CC[Si](CC)(CC)O[C@H](C)[C@H]1C(=O)N2C(C(=O)Oc3ccc([N+](=O)[O-])cc3)=C(/C=C/COc3cccc4c3-c3ccccc3C4=O)[C@H](C)[C@H]12. The summed E-state index contributed by atoms with van der Waals surface area (Å²) in [5.41, 5.74) is 3.47. The molecule has 2 aliphatic heterocycles. The van der Waals surface area contributed by atoms with Crippen molar-refractivity contribution in [3.05, 3.63) is 111 Å². The van der Waals surface area contributed by atoms with Crippen LogP contribution in [-0.4, -0.2) is 54.6 Å². The lowest BCUT2D eigenvalue weighted by molar-refractivity contribution is -0.384. The smallest absolute Gasteiger partial charge is 0.360 e. The van der Waals surface area contributed by atoms with Gasteiger partial charge in [-0.15, -0.1) is 0 Å². The van der Waals surface area contributed by atoms with Gasteiger partial charge in [-0.05, 0) is 60.5 Å². The maximum absolute atomic E-state index is 13.8. The van der Waals surface area contributed by atoms with E-state index in [1.54, 1.807) is 24.3 Å². The number of ether oxygens (including phenoxy) is 2. The summed E-state index contributed by atoms with van der Waals surface area (Å²) in [5.74, 6) is -0.868. The molecule has 0 aromatic heterocycles. The van der Waals surface area contributed by atoms with Crippen LogP contribution in [0.2, 0.25) is 18.1 Å². The molecule has 11 heteroatoms. The molecule has 1 saturated heterocycles. The minimum atomic E-state index is -2.01. The van der Waals surface area contributed by atoms with Gasteiger partial charge in [0.2, 0.25) is 5.91 Å². The summed E-state index contributed by atoms with van der Waals surface area (Å²) in [6.07, 6.45) is 3.28. The number of hydrogen-bond donors (Lipinski definition) is 0. The lowest BCUT2D eigenvalue weighted by Gasteiger charge is -2.49. The number of non-ortho nitro benzene ring substituents is 1. The second-order valence-electron chi connectivity index (χ2n) is 12.8. The zero-order valence-corrected chi connectivity index (χ0v) is 29.3. The van der Waals surface area contributed by atoms with Crippen molar-refractivity contribution in [2.45, 2.75) is 64.9 Å². The number of ketones is 1. The van der Waals surface area contributed by atoms with E-state index in [9.17, 15) is 24.5 Å². The fraction of sp³-hybridized carbons (Fsp3) is 0.342. The van der Waals surface area contributed by atoms with Crippen LogP contribution >= 0.6 is 0 Å². The third-order valence-corrected chi connectivity index (χ3v) is 15.1. The molecule has 0 radical (unpaired) electrons. The van der Waals surface area contributed by atoms with Gasteiger partial charge in [-0.25, -0.2) is 4.79 Å². The van der Waals surface area contributed by atoms with Gasteiger partial charge in [0.25, 0.3) is 5.69 Å². The van der Waals surface area contributed by atoms with Gasteiger partial charge in [0, 0.05) is 34.7 Å². The molecule has 0 unspecified atom stereocenters. The molecule has 0 N–H and O–H groups in total. The van der Waals surface area contributed by atoms with Crippen molar-refractivity contribution in [3.63, 3.8) is 0 Å². The third-order valence-electron chi connectivity index (χ3n) is 10.4. The number of β-lactam (4-membered cyclic amide) rings is 1. The van der Waals surface area contributed by atoms with Crippen LogP contribution in [0.25, 0.3) is 11.1 Å². The summed E-state index contributed by atoms with van der Waals surface area (Å²) in [6.45, 7) is 10.6. The number of fused-ring (bicyclic) bond motifs is 4. The Morgan fingerprint density at radius 2 is 1.61 bits per heavy atom. The van der Waals surface area contributed by atoms with Crippen molar-refractivity contribution >= 4 is 31.7 Å². The van der Waals surface area contributed by atoms with Crippen LogP contribution < -0.4 is 9.47 Å². The van der Waals surface area contributed by atoms with Gasteiger partial charge in [-0.1, -0.05) is 70.2 Å². The molecule has 0 spiro atoms. The topological polar surface area (TPSA) is 125 Å². The first kappa shape index (κ1) is 34.0. The molecule has 1 fully saturated rings. The molecule has 4 atom stereocenters. The molecule has 2 heterocycles. The van der Waals surface area contributed by atoms with Gasteiger partial charge in [0.05, 0.1) is 23.0 Å². The van der Waals surface area contributed by atoms with Gasteiger partial charge in [-0.2, -0.15) is 0 Å². The number of rotatable bonds is 13. The number of esters is 1. The molecule has 10 nitrogen and oxygen atoms in total. The number of allylic oxidation sites excluding steroid dienone is 1. The van der Waals surface area contributed by atoms with E-state index in [-0.39, 0.29) is 53.5 Å². The van der Waals surface area contributed by atoms with Gasteiger partial charge in [0.15, 0.2) is 14.1 Å². The quantitative estimate of drug-likeness (QED) is 0.0355. The fourth-order valence-electron chi connectivity index (χ4n) is 7.52. The Bertz CT molecular complexity index is 1870. The van der Waals surface area contributed by atoms with Gasteiger partial charge < -0.3 is 18.8 Å². The second-order valence-corrected chi connectivity index (χ2v) is 17.5. The fourth-order valence-corrected chi connectivity index (χ4v) is 10.5. The largest absolute Gasteiger partial charge is 0.489 e. The zero-order valence-electron chi connectivity index (χ0n) is 28.3. The van der Waals surface area contributed by atoms with Crippen LogP contribution in [0.1, 0.15) is 50.5 Å². The monoisotopic (exact) mass is 680 g/mol. The van der Waals surface area contributed by atoms with E-state index < -0.39 is 25.1 Å². The molecule has 3 aromatic rings. The highest BCUT2D eigenvalue weighted by Crippen LogP contribution is 2.49. The van der Waals surface area contributed by atoms with E-state index in [0.717, 1.165) is 29.3 Å². The Morgan fingerprint density at radius 3 is 2.27 bits per heavy atom. The first-order valence-corrected chi connectivity index (χ1v) is 19.4. The van der Waals surface area contributed by atoms with Crippen LogP contribution in [0.3, 0.4) is 0 Å². The molecule has 3 aliphatic rings. The van der Waals surface area contributed by atoms with Crippen molar-refractivity contribution in [1.29, 1.82) is 0 Å². The number of carbonyl (C=O) groups is 3. The summed E-state index contributed by atoms with van der Waals surface area (Å²) in [5, 5.41) is 11.1. The zero-order chi connectivity index (χ0) is 35.0. The second kappa shape index (κ2) is 13.6. The van der Waals surface area contributed by atoms with Gasteiger partial charge >= 0.3 is 5.97 Å². The third kappa shape index (κ3) is 5.91. The lowest BCUT2D eigenvalue weighted by atomic mass is 9.77. The van der Waals surface area contributed by atoms with E-state index in [1.807, 2.05) is 44.2 Å². The average molecular weight is 681 g/mol. The first-order chi connectivity index (χ1) is 23.6. The van der Waals surface area contributed by atoms with Crippen molar-refractivity contribution in [3.8, 4) is 22.6 Å². The van der Waals surface area contributed by atoms with Crippen LogP contribution in [0.5, 0.6) is 11.5 Å². The van der Waals surface area contributed by atoms with Crippen LogP contribution in [-0.2, 0) is 14.0 Å². The number of nitro benzene ring substituents is 1. The highest BCUT2D eigenvalue weighted by molar-refractivity contribution is 6.73. The molecule has 1 aliphatic carbocycles. The van der Waals surface area contributed by atoms with Crippen LogP contribution in [0.15, 0.2) is 90.2 Å². The van der Waals surface area contributed by atoms with Gasteiger partial charge in [-0.3, -0.25) is 19.7 Å². The Labute approximate surface area is 286 Å². The standard InChI is InChI=1S/C38H40N2O8Si/c1-6-49(7-2,8-3)48-24(5)32-34-23(4)27(35(39(34)37(32)42)38(43)47-26-20-18-25(19-21-26)40(44)45)16-12-22-46-31-17-11-15-30-33(31)28-13-9-10-14-29(28)36(30)41/h9-21,23-24,32,34H,6-8,22H2,1-5H3/b16-12+/t23-,24+,32+,34+/m0/s1. The van der Waals surface area contributed by atoms with E-state index in [0.29, 0.717) is 22.4 Å². The number of carbonyl (C=O) groups excluding carboxylic acids is 3. The van der Waals surface area contributed by atoms with E-state index in [1.165, 1.54) is 29.2 Å². The van der Waals surface area contributed by atoms with E-state index in [2.05, 4.69) is 20.8 Å². The highest BCUT2D eigenvalue weighted by atomic mass is 28.4. The first-order valence-electron chi connectivity index (χ1n) is 16.8. The van der Waals surface area contributed by atoms with E-state index >= 15 is 0 Å². The predicted octanol–water partition coefficient (Wildman–Crippen LogP) is 7.49. The number of amides is 1. The molecule has 0 saturated carbocycles. The lowest BCUT2D eigenvalue weighted by Crippen LogP contribution is -2.65. The molecule has 3 aromatic carbocycles. The summed E-state index contributed by atoms with van der Waals surface area (Å²) < 4.78 is 18.6. The van der Waals surface area contributed by atoms with Crippen molar-refractivity contribution < 1.29 is 33.2 Å². The molecule has 49 heavy (non-hydrogen) atoms. The van der Waals surface area contributed by atoms with Gasteiger partial charge in [0.1, 0.15) is 23.8 Å². The molecule has 254 valence electrons. The molecule has 6 rings (SSSR count). The van der Waals surface area contributed by atoms with Crippen molar-refractivity contribution in [1.82, 2.24) is 4.90 Å². The van der Waals surface area contributed by atoms with Crippen molar-refractivity contribution in [2.75, 3.05) is 6.61 Å². The minimum Gasteiger partial charge on any atom is -0.489 e. The minimum absolute atomic E-state index is 0.0358. The summed E-state index contributed by atoms with van der Waals surface area (Å²) in [6, 6.07) is 20.7. The van der Waals surface area contributed by atoms with Crippen molar-refractivity contribution in [2.24, 2.45) is 11.8 Å². The summed E-state index contributed by atoms with van der Waals surface area (Å²) in [7, 11) is -2.01. The average Bonchev–Trinajstić information content (AvgIpc) is 3.54. The summed E-state index contributed by atoms with van der Waals surface area (Å²) in [4.78, 5) is 52.7. The molecule has 0 bridgehead atoms.